The van der Waals surface area contributed by atoms with Crippen LogP contribution in [0.3, 0.4) is 0 Å². The van der Waals surface area contributed by atoms with E-state index in [2.05, 4.69) is 10.6 Å². The summed E-state index contributed by atoms with van der Waals surface area (Å²) < 4.78 is 10.5. The van der Waals surface area contributed by atoms with Crippen LogP contribution < -0.4 is 20.1 Å². The van der Waals surface area contributed by atoms with Crippen LogP contribution in [0.5, 0.6) is 11.5 Å². The Morgan fingerprint density at radius 2 is 1.48 bits per heavy atom. The number of hydrogen-bond donors (Lipinski definition) is 2. The van der Waals surface area contributed by atoms with E-state index in [1.54, 1.807) is 43.4 Å². The van der Waals surface area contributed by atoms with Crippen LogP contribution in [0.1, 0.15) is 12.8 Å². The summed E-state index contributed by atoms with van der Waals surface area (Å²) in [7, 11) is 3.10. The van der Waals surface area contributed by atoms with Gasteiger partial charge in [-0.15, -0.1) is 0 Å². The highest BCUT2D eigenvalue weighted by molar-refractivity contribution is 6.00. The van der Waals surface area contributed by atoms with Crippen LogP contribution in [0.15, 0.2) is 48.5 Å². The van der Waals surface area contributed by atoms with E-state index in [0.717, 1.165) is 6.42 Å². The summed E-state index contributed by atoms with van der Waals surface area (Å²) in [6, 6.07) is 13.5. The molecule has 2 aromatic carbocycles. The van der Waals surface area contributed by atoms with Gasteiger partial charge in [-0.25, -0.2) is 4.79 Å². The Bertz CT molecular complexity index is 757. The largest absolute Gasteiger partial charge is 0.495 e. The molecule has 0 aliphatic carbocycles. The van der Waals surface area contributed by atoms with E-state index in [9.17, 15) is 9.59 Å². The van der Waals surface area contributed by atoms with E-state index in [1.165, 1.54) is 0 Å². The molecule has 0 spiro atoms. The zero-order valence-corrected chi connectivity index (χ0v) is 15.4. The maximum absolute atomic E-state index is 12.8. The number of likely N-dealkylation sites (tertiary alicyclic amines) is 1. The molecule has 0 radical (unpaired) electrons. The SMILES string of the molecule is COc1ccccc1NC(=O)[C@@H]1CCCN1C(=O)Nc1ccccc1OC. The Hall–Kier alpha value is -3.22. The van der Waals surface area contributed by atoms with Crippen molar-refractivity contribution in [3.63, 3.8) is 0 Å². The van der Waals surface area contributed by atoms with Gasteiger partial charge in [-0.3, -0.25) is 4.79 Å². The average Bonchev–Trinajstić information content (AvgIpc) is 3.19. The van der Waals surface area contributed by atoms with Gasteiger partial charge in [-0.1, -0.05) is 24.3 Å². The lowest BCUT2D eigenvalue weighted by Gasteiger charge is -2.25. The monoisotopic (exact) mass is 369 g/mol. The van der Waals surface area contributed by atoms with Gasteiger partial charge in [0.2, 0.25) is 5.91 Å². The normalized spacial score (nSPS) is 15.9. The number of nitrogens with zero attached hydrogens (tertiary/aromatic N) is 1. The van der Waals surface area contributed by atoms with Gasteiger partial charge < -0.3 is 25.0 Å². The fourth-order valence-corrected chi connectivity index (χ4v) is 3.18. The second kappa shape index (κ2) is 8.44. The van der Waals surface area contributed by atoms with Crippen LogP contribution in [-0.2, 0) is 4.79 Å². The third kappa shape index (κ3) is 4.13. The molecule has 27 heavy (non-hydrogen) atoms. The summed E-state index contributed by atoms with van der Waals surface area (Å²) >= 11 is 0. The molecule has 3 rings (SSSR count). The fourth-order valence-electron chi connectivity index (χ4n) is 3.18. The number of carbonyl (C=O) groups is 2. The molecular formula is C20H23N3O4. The molecule has 0 unspecified atom stereocenters. The first-order valence-electron chi connectivity index (χ1n) is 8.78. The number of anilines is 2. The molecule has 1 saturated heterocycles. The van der Waals surface area contributed by atoms with Gasteiger partial charge in [0.25, 0.3) is 0 Å². The first kappa shape index (κ1) is 18.6. The van der Waals surface area contributed by atoms with Crippen molar-refractivity contribution in [3.8, 4) is 11.5 Å². The van der Waals surface area contributed by atoms with Gasteiger partial charge in [0.15, 0.2) is 0 Å². The molecule has 7 heteroatoms. The number of nitrogens with one attached hydrogen (secondary N) is 2. The van der Waals surface area contributed by atoms with Gasteiger partial charge in [0, 0.05) is 6.54 Å². The van der Waals surface area contributed by atoms with Crippen molar-refractivity contribution in [1.29, 1.82) is 0 Å². The highest BCUT2D eigenvalue weighted by atomic mass is 16.5. The molecule has 1 fully saturated rings. The van der Waals surface area contributed by atoms with E-state index in [1.807, 2.05) is 24.3 Å². The Morgan fingerprint density at radius 3 is 2.07 bits per heavy atom. The highest BCUT2D eigenvalue weighted by Gasteiger charge is 2.34. The van der Waals surface area contributed by atoms with Crippen LogP contribution in [-0.4, -0.2) is 43.6 Å². The van der Waals surface area contributed by atoms with Crippen LogP contribution in [0.25, 0.3) is 0 Å². The lowest BCUT2D eigenvalue weighted by Crippen LogP contribution is -2.45. The Labute approximate surface area is 158 Å². The summed E-state index contributed by atoms with van der Waals surface area (Å²) in [6.07, 6.45) is 1.38. The van der Waals surface area contributed by atoms with Gasteiger partial charge >= 0.3 is 6.03 Å². The number of para-hydroxylation sites is 4. The first-order chi connectivity index (χ1) is 13.1. The van der Waals surface area contributed by atoms with E-state index >= 15 is 0 Å². The van der Waals surface area contributed by atoms with Crippen molar-refractivity contribution >= 4 is 23.3 Å². The number of ether oxygens (including phenoxy) is 2. The van der Waals surface area contributed by atoms with Gasteiger partial charge in [0.05, 0.1) is 25.6 Å². The molecule has 142 valence electrons. The lowest BCUT2D eigenvalue weighted by atomic mass is 10.2. The minimum atomic E-state index is -0.537. The quantitative estimate of drug-likeness (QED) is 0.847. The average molecular weight is 369 g/mol. The maximum Gasteiger partial charge on any atom is 0.322 e. The second-order valence-electron chi connectivity index (χ2n) is 6.17. The van der Waals surface area contributed by atoms with Gasteiger partial charge in [-0.05, 0) is 37.1 Å². The standard InChI is InChI=1S/C20H23N3O4/c1-26-17-11-5-3-8-14(17)21-19(24)16-10-7-13-23(16)20(25)22-15-9-4-6-12-18(15)27-2/h3-6,8-9,11-12,16H,7,10,13H2,1-2H3,(H,21,24)(H,22,25)/t16-/m0/s1. The van der Waals surface area contributed by atoms with Crippen LogP contribution in [0.2, 0.25) is 0 Å². The molecule has 2 aromatic rings. The first-order valence-corrected chi connectivity index (χ1v) is 8.78. The molecule has 7 nitrogen and oxygen atoms in total. The molecule has 1 atom stereocenters. The van der Waals surface area contributed by atoms with Gasteiger partial charge in [-0.2, -0.15) is 0 Å². The molecule has 3 amide bonds. The minimum Gasteiger partial charge on any atom is -0.495 e. The summed E-state index contributed by atoms with van der Waals surface area (Å²) in [5, 5.41) is 5.70. The van der Waals surface area contributed by atoms with Crippen molar-refractivity contribution in [2.24, 2.45) is 0 Å². The van der Waals surface area contributed by atoms with E-state index in [0.29, 0.717) is 35.8 Å². The number of benzene rings is 2. The summed E-state index contributed by atoms with van der Waals surface area (Å²) in [5.74, 6) is 0.918. The van der Waals surface area contributed by atoms with Crippen LogP contribution in [0, 0.1) is 0 Å². The minimum absolute atomic E-state index is 0.229. The number of amides is 3. The van der Waals surface area contributed by atoms with Crippen LogP contribution in [0.4, 0.5) is 16.2 Å². The number of methoxy groups -OCH3 is 2. The van der Waals surface area contributed by atoms with E-state index < -0.39 is 6.04 Å². The van der Waals surface area contributed by atoms with Crippen LogP contribution >= 0.6 is 0 Å². The summed E-state index contributed by atoms with van der Waals surface area (Å²) in [5.41, 5.74) is 1.16. The summed E-state index contributed by atoms with van der Waals surface area (Å²) in [4.78, 5) is 27.0. The predicted molar refractivity (Wildman–Crippen MR) is 103 cm³/mol. The van der Waals surface area contributed by atoms with Crippen molar-refractivity contribution in [3.05, 3.63) is 48.5 Å². The number of rotatable bonds is 5. The van der Waals surface area contributed by atoms with E-state index in [4.69, 9.17) is 9.47 Å². The third-order valence-corrected chi connectivity index (χ3v) is 4.53. The molecular weight excluding hydrogens is 346 g/mol. The second-order valence-corrected chi connectivity index (χ2v) is 6.17. The lowest BCUT2D eigenvalue weighted by molar-refractivity contribution is -0.119. The maximum atomic E-state index is 12.8. The molecule has 0 bridgehead atoms. The zero-order valence-electron chi connectivity index (χ0n) is 15.4. The molecule has 1 aliphatic heterocycles. The van der Waals surface area contributed by atoms with Crippen molar-refractivity contribution in [2.75, 3.05) is 31.4 Å². The molecule has 1 heterocycles. The highest BCUT2D eigenvalue weighted by Crippen LogP contribution is 2.27. The molecule has 1 aliphatic rings. The Balaban J connectivity index is 1.70. The molecule has 0 saturated carbocycles. The third-order valence-electron chi connectivity index (χ3n) is 4.53. The van der Waals surface area contributed by atoms with Gasteiger partial charge in [0.1, 0.15) is 17.5 Å². The smallest absolute Gasteiger partial charge is 0.322 e. The fraction of sp³-hybridized carbons (Fsp3) is 0.300. The predicted octanol–water partition coefficient (Wildman–Crippen LogP) is 3.34. The molecule has 2 N–H and O–H groups in total. The number of urea groups is 1. The summed E-state index contributed by atoms with van der Waals surface area (Å²) in [6.45, 7) is 0.519. The zero-order chi connectivity index (χ0) is 19.2. The number of hydrogen-bond acceptors (Lipinski definition) is 4. The Morgan fingerprint density at radius 1 is 0.926 bits per heavy atom. The van der Waals surface area contributed by atoms with Crippen molar-refractivity contribution in [1.82, 2.24) is 4.90 Å². The Kier molecular flexibility index (Phi) is 5.80. The van der Waals surface area contributed by atoms with Crippen molar-refractivity contribution in [2.45, 2.75) is 18.9 Å². The van der Waals surface area contributed by atoms with Crippen molar-refractivity contribution < 1.29 is 19.1 Å². The van der Waals surface area contributed by atoms with E-state index in [-0.39, 0.29) is 11.9 Å². The topological polar surface area (TPSA) is 79.9 Å². The number of carbonyl (C=O) groups excluding carboxylic acids is 2. The molecule has 0 aromatic heterocycles.